The van der Waals surface area contributed by atoms with Crippen molar-refractivity contribution in [3.8, 4) is 0 Å². The van der Waals surface area contributed by atoms with Gasteiger partial charge < -0.3 is 18.9 Å². The summed E-state index contributed by atoms with van der Waals surface area (Å²) in [6.07, 6.45) is 10.2. The quantitative estimate of drug-likeness (QED) is 0.217. The van der Waals surface area contributed by atoms with Gasteiger partial charge in [0.1, 0.15) is 11.4 Å². The molecular formula is C35H40O8. The van der Waals surface area contributed by atoms with Crippen LogP contribution in [0.25, 0.3) is 0 Å². The average Bonchev–Trinajstić information content (AvgIpc) is 3.68. The fraction of sp³-hybridized carbons (Fsp3) is 0.543. The third-order valence-electron chi connectivity index (χ3n) is 11.1. The van der Waals surface area contributed by atoms with Crippen LogP contribution in [0.15, 0.2) is 66.0 Å². The number of rotatable bonds is 8. The van der Waals surface area contributed by atoms with Crippen LogP contribution < -0.4 is 0 Å². The van der Waals surface area contributed by atoms with Crippen molar-refractivity contribution >= 4 is 23.7 Å². The van der Waals surface area contributed by atoms with Crippen molar-refractivity contribution in [3.63, 3.8) is 0 Å². The first-order valence-electron chi connectivity index (χ1n) is 15.4. The predicted molar refractivity (Wildman–Crippen MR) is 156 cm³/mol. The molecule has 2 saturated carbocycles. The second-order valence-corrected chi connectivity index (χ2v) is 13.1. The molecule has 0 bridgehead atoms. The van der Waals surface area contributed by atoms with Gasteiger partial charge in [0, 0.05) is 29.6 Å². The molecule has 0 radical (unpaired) electrons. The van der Waals surface area contributed by atoms with Gasteiger partial charge in [-0.2, -0.15) is 0 Å². The van der Waals surface area contributed by atoms with E-state index in [0.29, 0.717) is 24.2 Å². The predicted octanol–water partition coefficient (Wildman–Crippen LogP) is 5.67. The lowest BCUT2D eigenvalue weighted by atomic mass is 9.47. The number of carbonyl (C=O) groups excluding carboxylic acids is 4. The average molecular weight is 589 g/mol. The zero-order chi connectivity index (χ0) is 30.8. The molecule has 1 saturated heterocycles. The topological polar surface area (TPSA) is 109 Å². The highest BCUT2D eigenvalue weighted by molar-refractivity contribution is 5.94. The highest BCUT2D eigenvalue weighted by Gasteiger charge is 2.82. The Bertz CT molecular complexity index is 1460. The molecule has 8 heteroatoms. The van der Waals surface area contributed by atoms with Gasteiger partial charge in [-0.3, -0.25) is 14.4 Å². The van der Waals surface area contributed by atoms with Gasteiger partial charge in [-0.25, -0.2) is 4.79 Å². The molecule has 3 fully saturated rings. The minimum absolute atomic E-state index is 0.0287. The summed E-state index contributed by atoms with van der Waals surface area (Å²) in [6, 6.07) is 8.91. The summed E-state index contributed by atoms with van der Waals surface area (Å²) >= 11 is 0. The fourth-order valence-corrected chi connectivity index (χ4v) is 9.00. The summed E-state index contributed by atoms with van der Waals surface area (Å²) in [5.74, 6) is -1.34. The largest absolute Gasteiger partial charge is 0.457 e. The van der Waals surface area contributed by atoms with Crippen LogP contribution in [0.5, 0.6) is 0 Å². The summed E-state index contributed by atoms with van der Waals surface area (Å²) in [4.78, 5) is 51.6. The van der Waals surface area contributed by atoms with Crippen LogP contribution in [0.1, 0.15) is 77.1 Å². The second-order valence-electron chi connectivity index (χ2n) is 13.1. The molecule has 4 aliphatic carbocycles. The number of benzene rings is 1. The number of ketones is 1. The van der Waals surface area contributed by atoms with Crippen LogP contribution in [0.4, 0.5) is 0 Å². The third kappa shape index (κ3) is 4.12. The molecular weight excluding hydrogens is 548 g/mol. The first kappa shape index (κ1) is 29.5. The van der Waals surface area contributed by atoms with Crippen LogP contribution in [0.2, 0.25) is 0 Å². The van der Waals surface area contributed by atoms with Crippen LogP contribution in [-0.2, 0) is 33.3 Å². The number of esters is 3. The van der Waals surface area contributed by atoms with Gasteiger partial charge in [0.05, 0.1) is 11.7 Å². The highest BCUT2D eigenvalue weighted by Crippen LogP contribution is 2.76. The molecule has 1 heterocycles. The molecule has 0 aromatic heterocycles. The number of epoxide rings is 1. The SMILES string of the molecule is CCC(=O)OCC(=O)[C@@]1(OC(=O)CC)[C@@H](C)C[C@H]2[C@@H]3CC=C4C=C(OC(=O)c5ccccc5)C=C[C@]4(C)[C@@]34O[C@H]4C[C@@]21C. The minimum atomic E-state index is -1.41. The van der Waals surface area contributed by atoms with Crippen LogP contribution in [0.3, 0.4) is 0 Å². The van der Waals surface area contributed by atoms with E-state index in [4.69, 9.17) is 18.9 Å². The maximum Gasteiger partial charge on any atom is 0.343 e. The van der Waals surface area contributed by atoms with E-state index >= 15 is 0 Å². The van der Waals surface area contributed by atoms with E-state index in [1.807, 2.05) is 25.1 Å². The third-order valence-corrected chi connectivity index (χ3v) is 11.1. The summed E-state index contributed by atoms with van der Waals surface area (Å²) in [5.41, 5.74) is -1.52. The molecule has 8 nitrogen and oxygen atoms in total. The standard InChI is InChI=1S/C35H40O8/c1-6-29(37)40-20-27(36)34(43-30(38)7-2)21(3)17-26-25-14-13-23-18-24(41-31(39)22-11-9-8-10-12-22)15-16-32(23,4)35(25)28(42-35)19-33(26,34)5/h8-13,15-16,18,21,25-26,28H,6-7,14,17,19-20H2,1-5H3/t21-,25-,26-,28-,32-,33-,34-,35+/m0/s1. The fourth-order valence-electron chi connectivity index (χ4n) is 9.00. The number of hydrogen-bond acceptors (Lipinski definition) is 8. The first-order chi connectivity index (χ1) is 20.5. The van der Waals surface area contributed by atoms with Gasteiger partial charge in [-0.05, 0) is 67.9 Å². The highest BCUT2D eigenvalue weighted by atomic mass is 16.6. The lowest BCUT2D eigenvalue weighted by molar-refractivity contribution is -0.194. The summed E-state index contributed by atoms with van der Waals surface area (Å²) in [7, 11) is 0. The number of Topliss-reactive ketones (excluding diaryl/α,β-unsaturated/α-hetero) is 1. The Morgan fingerprint density at radius 2 is 1.72 bits per heavy atom. The zero-order valence-electron chi connectivity index (χ0n) is 25.5. The van der Waals surface area contributed by atoms with Crippen LogP contribution >= 0.6 is 0 Å². The molecule has 0 unspecified atom stereocenters. The molecule has 8 atom stereocenters. The molecule has 1 aromatic rings. The van der Waals surface area contributed by atoms with E-state index in [1.54, 1.807) is 38.1 Å². The Morgan fingerprint density at radius 3 is 2.42 bits per heavy atom. The van der Waals surface area contributed by atoms with E-state index in [-0.39, 0.29) is 42.5 Å². The second kappa shape index (κ2) is 10.3. The van der Waals surface area contributed by atoms with Crippen molar-refractivity contribution < 1.29 is 38.1 Å². The maximum atomic E-state index is 14.0. The Morgan fingerprint density at radius 1 is 1.00 bits per heavy atom. The van der Waals surface area contributed by atoms with Crippen molar-refractivity contribution in [2.24, 2.45) is 28.6 Å². The number of fused-ring (bicyclic) bond motifs is 3. The Kier molecular flexibility index (Phi) is 7.07. The van der Waals surface area contributed by atoms with Crippen LogP contribution in [0, 0.1) is 28.6 Å². The summed E-state index contributed by atoms with van der Waals surface area (Å²) in [6.45, 7) is 9.20. The molecule has 5 aliphatic rings. The van der Waals surface area contributed by atoms with E-state index in [0.717, 1.165) is 12.0 Å². The molecule has 1 aliphatic heterocycles. The lowest BCUT2D eigenvalue weighted by Crippen LogP contribution is -2.63. The van der Waals surface area contributed by atoms with Crippen molar-refractivity contribution in [1.82, 2.24) is 0 Å². The van der Waals surface area contributed by atoms with Crippen molar-refractivity contribution in [2.75, 3.05) is 6.61 Å². The van der Waals surface area contributed by atoms with Gasteiger partial charge >= 0.3 is 17.9 Å². The normalized spacial score (nSPS) is 38.3. The molecule has 43 heavy (non-hydrogen) atoms. The molecule has 228 valence electrons. The van der Waals surface area contributed by atoms with Crippen molar-refractivity contribution in [3.05, 3.63) is 71.5 Å². The first-order valence-corrected chi connectivity index (χ1v) is 15.4. The number of hydrogen-bond donors (Lipinski definition) is 0. The number of allylic oxidation sites excluding steroid dienone is 3. The Hall–Kier alpha value is -3.52. The van der Waals surface area contributed by atoms with Gasteiger partial charge in [0.15, 0.2) is 12.2 Å². The van der Waals surface area contributed by atoms with Crippen molar-refractivity contribution in [2.45, 2.75) is 84.0 Å². The van der Waals surface area contributed by atoms with Gasteiger partial charge in [0.25, 0.3) is 0 Å². The van der Waals surface area contributed by atoms with E-state index < -0.39 is 46.5 Å². The Balaban J connectivity index is 1.32. The van der Waals surface area contributed by atoms with Gasteiger partial charge in [-0.15, -0.1) is 0 Å². The maximum absolute atomic E-state index is 14.0. The number of carbonyl (C=O) groups is 4. The molecule has 1 spiro atoms. The van der Waals surface area contributed by atoms with Crippen LogP contribution in [-0.4, -0.2) is 47.6 Å². The summed E-state index contributed by atoms with van der Waals surface area (Å²) in [5, 5.41) is 0. The molecule has 0 N–H and O–H groups in total. The molecule has 0 amide bonds. The Labute approximate surface area is 252 Å². The number of ether oxygens (including phenoxy) is 4. The zero-order valence-corrected chi connectivity index (χ0v) is 25.5. The molecule has 6 rings (SSSR count). The van der Waals surface area contributed by atoms with E-state index in [2.05, 4.69) is 26.0 Å². The minimum Gasteiger partial charge on any atom is -0.457 e. The van der Waals surface area contributed by atoms with Crippen molar-refractivity contribution in [1.29, 1.82) is 0 Å². The van der Waals surface area contributed by atoms with E-state index in [1.165, 1.54) is 0 Å². The lowest BCUT2D eigenvalue weighted by Gasteiger charge is -2.55. The molecule has 1 aromatic carbocycles. The van der Waals surface area contributed by atoms with Gasteiger partial charge in [-0.1, -0.05) is 58.0 Å². The van der Waals surface area contributed by atoms with E-state index in [9.17, 15) is 19.2 Å². The summed E-state index contributed by atoms with van der Waals surface area (Å²) < 4.78 is 24.0. The monoisotopic (exact) mass is 588 g/mol. The smallest absolute Gasteiger partial charge is 0.343 e. The van der Waals surface area contributed by atoms with Gasteiger partial charge in [0.2, 0.25) is 5.78 Å².